The molecule has 0 aliphatic heterocycles. The Morgan fingerprint density at radius 1 is 1.19 bits per heavy atom. The number of hydrogen-bond donors (Lipinski definition) is 1. The summed E-state index contributed by atoms with van der Waals surface area (Å²) in [6, 6.07) is 5.83. The zero-order valence-electron chi connectivity index (χ0n) is 13.0. The summed E-state index contributed by atoms with van der Waals surface area (Å²) in [5.74, 6) is 0.980. The van der Waals surface area contributed by atoms with Crippen molar-refractivity contribution < 1.29 is 0 Å². The standard InChI is InChI=1S/C16H23N5/c1-20(2)16(7-4-8-16)10-21(3)15-13-6-5-12(17)9-14(13)18-11-19-15/h5-6,9,11H,4,7-8,10,17H2,1-3H3. The second kappa shape index (κ2) is 5.15. The molecule has 0 unspecified atom stereocenters. The fourth-order valence-corrected chi connectivity index (χ4v) is 3.21. The molecular formula is C16H23N5. The van der Waals surface area contributed by atoms with Crippen molar-refractivity contribution in [1.29, 1.82) is 0 Å². The van der Waals surface area contributed by atoms with Crippen LogP contribution < -0.4 is 10.6 Å². The van der Waals surface area contributed by atoms with E-state index in [4.69, 9.17) is 5.73 Å². The molecule has 1 heterocycles. The number of rotatable bonds is 4. The number of hydrogen-bond acceptors (Lipinski definition) is 5. The predicted octanol–water partition coefficient (Wildman–Crippen LogP) is 2.13. The van der Waals surface area contributed by atoms with Gasteiger partial charge in [0, 0.05) is 30.2 Å². The van der Waals surface area contributed by atoms with E-state index >= 15 is 0 Å². The minimum Gasteiger partial charge on any atom is -0.399 e. The van der Waals surface area contributed by atoms with Gasteiger partial charge >= 0.3 is 0 Å². The molecule has 0 atom stereocenters. The van der Waals surface area contributed by atoms with Crippen LogP contribution in [0.2, 0.25) is 0 Å². The number of anilines is 2. The second-order valence-corrected chi connectivity index (χ2v) is 6.30. The fourth-order valence-electron chi connectivity index (χ4n) is 3.21. The Kier molecular flexibility index (Phi) is 3.45. The van der Waals surface area contributed by atoms with Gasteiger partial charge in [-0.3, -0.25) is 0 Å². The molecule has 1 aliphatic rings. The van der Waals surface area contributed by atoms with Crippen molar-refractivity contribution >= 4 is 22.4 Å². The Balaban J connectivity index is 1.93. The van der Waals surface area contributed by atoms with Gasteiger partial charge in [0.2, 0.25) is 0 Å². The number of likely N-dealkylation sites (N-methyl/N-ethyl adjacent to an activating group) is 2. The molecule has 112 valence electrons. The quantitative estimate of drug-likeness (QED) is 0.872. The Labute approximate surface area is 125 Å². The summed E-state index contributed by atoms with van der Waals surface area (Å²) in [6.07, 6.45) is 5.43. The number of benzene rings is 1. The van der Waals surface area contributed by atoms with Crippen LogP contribution in [0.1, 0.15) is 19.3 Å². The van der Waals surface area contributed by atoms with E-state index in [9.17, 15) is 0 Å². The average molecular weight is 285 g/mol. The summed E-state index contributed by atoms with van der Waals surface area (Å²) in [4.78, 5) is 13.4. The van der Waals surface area contributed by atoms with E-state index in [1.807, 2.05) is 18.2 Å². The minimum atomic E-state index is 0.278. The first kappa shape index (κ1) is 14.1. The highest BCUT2D eigenvalue weighted by Crippen LogP contribution is 2.37. The molecule has 1 fully saturated rings. The van der Waals surface area contributed by atoms with Gasteiger partial charge in [-0.2, -0.15) is 0 Å². The zero-order valence-corrected chi connectivity index (χ0v) is 13.0. The maximum atomic E-state index is 5.84. The van der Waals surface area contributed by atoms with E-state index < -0.39 is 0 Å². The molecule has 0 radical (unpaired) electrons. The molecule has 21 heavy (non-hydrogen) atoms. The van der Waals surface area contributed by atoms with E-state index in [-0.39, 0.29) is 5.54 Å². The first-order valence-electron chi connectivity index (χ1n) is 7.41. The van der Waals surface area contributed by atoms with Gasteiger partial charge in [0.15, 0.2) is 0 Å². The van der Waals surface area contributed by atoms with Gasteiger partial charge in [-0.1, -0.05) is 0 Å². The third kappa shape index (κ3) is 2.42. The summed E-state index contributed by atoms with van der Waals surface area (Å²) in [5.41, 5.74) is 7.76. The monoisotopic (exact) mass is 285 g/mol. The third-order valence-corrected chi connectivity index (χ3v) is 4.77. The Morgan fingerprint density at radius 3 is 2.57 bits per heavy atom. The van der Waals surface area contributed by atoms with Crippen LogP contribution in [0.4, 0.5) is 11.5 Å². The van der Waals surface area contributed by atoms with Crippen molar-refractivity contribution in [3.63, 3.8) is 0 Å². The molecule has 2 aromatic rings. The maximum Gasteiger partial charge on any atom is 0.139 e. The lowest BCUT2D eigenvalue weighted by molar-refractivity contribution is 0.0682. The van der Waals surface area contributed by atoms with E-state index in [0.717, 1.165) is 29.0 Å². The smallest absolute Gasteiger partial charge is 0.139 e. The van der Waals surface area contributed by atoms with Crippen molar-refractivity contribution in [2.75, 3.05) is 38.3 Å². The number of nitrogen functional groups attached to an aromatic ring is 1. The van der Waals surface area contributed by atoms with Crippen molar-refractivity contribution in [1.82, 2.24) is 14.9 Å². The molecule has 0 bridgehead atoms. The van der Waals surface area contributed by atoms with Crippen LogP contribution >= 0.6 is 0 Å². The van der Waals surface area contributed by atoms with Crippen LogP contribution in [0.3, 0.4) is 0 Å². The van der Waals surface area contributed by atoms with Crippen molar-refractivity contribution in [2.24, 2.45) is 0 Å². The molecule has 0 spiro atoms. The highest BCUT2D eigenvalue weighted by Gasteiger charge is 2.40. The molecule has 1 aliphatic carbocycles. The van der Waals surface area contributed by atoms with Gasteiger partial charge in [-0.25, -0.2) is 9.97 Å². The highest BCUT2D eigenvalue weighted by molar-refractivity contribution is 5.91. The maximum absolute atomic E-state index is 5.84. The summed E-state index contributed by atoms with van der Waals surface area (Å²) in [5, 5.41) is 1.06. The molecule has 3 rings (SSSR count). The van der Waals surface area contributed by atoms with E-state index in [1.165, 1.54) is 19.3 Å². The van der Waals surface area contributed by atoms with Crippen LogP contribution in [0.15, 0.2) is 24.5 Å². The molecule has 5 nitrogen and oxygen atoms in total. The molecule has 1 saturated carbocycles. The Hall–Kier alpha value is -1.88. The van der Waals surface area contributed by atoms with E-state index in [0.29, 0.717) is 0 Å². The Morgan fingerprint density at radius 2 is 1.95 bits per heavy atom. The molecule has 1 aromatic carbocycles. The van der Waals surface area contributed by atoms with Gasteiger partial charge in [-0.05, 0) is 51.6 Å². The lowest BCUT2D eigenvalue weighted by Gasteiger charge is -2.49. The van der Waals surface area contributed by atoms with E-state index in [1.54, 1.807) is 6.33 Å². The Bertz CT molecular complexity index is 648. The summed E-state index contributed by atoms with van der Waals surface area (Å²) in [7, 11) is 6.46. The van der Waals surface area contributed by atoms with Crippen molar-refractivity contribution in [2.45, 2.75) is 24.8 Å². The molecule has 1 aromatic heterocycles. The van der Waals surface area contributed by atoms with Gasteiger partial charge in [0.05, 0.1) is 5.52 Å². The molecule has 5 heteroatoms. The highest BCUT2D eigenvalue weighted by atomic mass is 15.3. The number of nitrogens with zero attached hydrogens (tertiary/aromatic N) is 4. The largest absolute Gasteiger partial charge is 0.399 e. The fraction of sp³-hybridized carbons (Fsp3) is 0.500. The van der Waals surface area contributed by atoms with Crippen LogP contribution in [0.5, 0.6) is 0 Å². The van der Waals surface area contributed by atoms with Crippen molar-refractivity contribution in [3.8, 4) is 0 Å². The number of aromatic nitrogens is 2. The lowest BCUT2D eigenvalue weighted by atomic mass is 9.75. The van der Waals surface area contributed by atoms with Gasteiger partial charge in [-0.15, -0.1) is 0 Å². The molecule has 0 amide bonds. The van der Waals surface area contributed by atoms with Gasteiger partial charge < -0.3 is 15.5 Å². The number of fused-ring (bicyclic) bond motifs is 1. The summed E-state index contributed by atoms with van der Waals surface area (Å²) < 4.78 is 0. The minimum absolute atomic E-state index is 0.278. The van der Waals surface area contributed by atoms with Crippen LogP contribution in [-0.2, 0) is 0 Å². The zero-order chi connectivity index (χ0) is 15.0. The summed E-state index contributed by atoms with van der Waals surface area (Å²) in [6.45, 7) is 0.983. The first-order valence-corrected chi connectivity index (χ1v) is 7.41. The average Bonchev–Trinajstić information content (AvgIpc) is 2.41. The lowest BCUT2D eigenvalue weighted by Crippen LogP contribution is -2.56. The SMILES string of the molecule is CN(CC1(N(C)C)CCC1)c1ncnc2cc(N)ccc12. The second-order valence-electron chi connectivity index (χ2n) is 6.30. The van der Waals surface area contributed by atoms with Gasteiger partial charge in [0.1, 0.15) is 12.1 Å². The van der Waals surface area contributed by atoms with Crippen LogP contribution in [0.25, 0.3) is 10.9 Å². The topological polar surface area (TPSA) is 58.3 Å². The molecule has 2 N–H and O–H groups in total. The van der Waals surface area contributed by atoms with E-state index in [2.05, 4.69) is 40.9 Å². The first-order chi connectivity index (χ1) is 10.0. The molecular weight excluding hydrogens is 262 g/mol. The normalized spacial score (nSPS) is 17.0. The van der Waals surface area contributed by atoms with Gasteiger partial charge in [0.25, 0.3) is 0 Å². The number of nitrogens with two attached hydrogens (primary N) is 1. The molecule has 0 saturated heterocycles. The predicted molar refractivity (Wildman–Crippen MR) is 87.5 cm³/mol. The van der Waals surface area contributed by atoms with Crippen molar-refractivity contribution in [3.05, 3.63) is 24.5 Å². The van der Waals surface area contributed by atoms with Crippen LogP contribution in [0, 0.1) is 0 Å². The van der Waals surface area contributed by atoms with Crippen LogP contribution in [-0.4, -0.2) is 48.1 Å². The third-order valence-electron chi connectivity index (χ3n) is 4.77. The summed E-state index contributed by atoms with van der Waals surface area (Å²) >= 11 is 0.